The van der Waals surface area contributed by atoms with E-state index in [2.05, 4.69) is 20.8 Å². The van der Waals surface area contributed by atoms with E-state index >= 15 is 0 Å². The van der Waals surface area contributed by atoms with E-state index in [1.165, 1.54) is 63.4 Å². The van der Waals surface area contributed by atoms with Crippen LogP contribution in [0.25, 0.3) is 0 Å². The lowest BCUT2D eigenvalue weighted by Crippen LogP contribution is -2.45. The maximum Gasteiger partial charge on any atom is 0.0100 e. The second kappa shape index (κ2) is 4.03. The first-order valence-corrected chi connectivity index (χ1v) is 7.73. The van der Waals surface area contributed by atoms with Crippen molar-refractivity contribution >= 4 is 15.9 Å². The first-order valence-electron chi connectivity index (χ1n) is 6.61. The quantitative estimate of drug-likeness (QED) is 0.670. The lowest BCUT2D eigenvalue weighted by Gasteiger charge is -2.44. The molecule has 3 fully saturated rings. The van der Waals surface area contributed by atoms with E-state index in [-0.39, 0.29) is 0 Å². The third-order valence-corrected chi connectivity index (χ3v) is 5.68. The highest BCUT2D eigenvalue weighted by Gasteiger charge is 2.42. The summed E-state index contributed by atoms with van der Waals surface area (Å²) in [7, 11) is 0. The molecule has 86 valence electrons. The van der Waals surface area contributed by atoms with Gasteiger partial charge in [-0.3, -0.25) is 4.90 Å². The molecule has 0 spiro atoms. The molecule has 3 aliphatic rings. The number of rotatable bonds is 6. The normalized spacial score (nSPS) is 29.2. The van der Waals surface area contributed by atoms with Crippen LogP contribution >= 0.6 is 15.9 Å². The average molecular weight is 272 g/mol. The van der Waals surface area contributed by atoms with Crippen molar-refractivity contribution in [2.24, 2.45) is 11.3 Å². The van der Waals surface area contributed by atoms with E-state index in [1.807, 2.05) is 0 Å². The molecule has 0 aromatic carbocycles. The van der Waals surface area contributed by atoms with Gasteiger partial charge in [0.05, 0.1) is 0 Å². The topological polar surface area (TPSA) is 3.24 Å². The van der Waals surface area contributed by atoms with E-state index in [1.54, 1.807) is 0 Å². The standard InChI is InChI=1S/C13H22BrN/c14-9-13(6-1-7-13)10-15(12-4-5-12)8-11-2-3-11/h11-12H,1-10H2. The fraction of sp³-hybridized carbons (Fsp3) is 1.00. The van der Waals surface area contributed by atoms with Crippen LogP contribution in [0.5, 0.6) is 0 Å². The van der Waals surface area contributed by atoms with E-state index in [0.29, 0.717) is 5.41 Å². The number of hydrogen-bond acceptors (Lipinski definition) is 1. The van der Waals surface area contributed by atoms with Crippen LogP contribution in [0.1, 0.15) is 44.9 Å². The Morgan fingerprint density at radius 1 is 1.13 bits per heavy atom. The van der Waals surface area contributed by atoms with Crippen LogP contribution in [0.3, 0.4) is 0 Å². The van der Waals surface area contributed by atoms with Crippen LogP contribution in [-0.2, 0) is 0 Å². The van der Waals surface area contributed by atoms with Gasteiger partial charge in [0, 0.05) is 24.5 Å². The molecule has 3 rings (SSSR count). The molecule has 0 bridgehead atoms. The summed E-state index contributed by atoms with van der Waals surface area (Å²) in [4.78, 5) is 2.83. The molecule has 0 atom stereocenters. The molecule has 15 heavy (non-hydrogen) atoms. The summed E-state index contributed by atoms with van der Waals surface area (Å²) < 4.78 is 0. The summed E-state index contributed by atoms with van der Waals surface area (Å²) in [5.74, 6) is 1.07. The zero-order chi connectivity index (χ0) is 10.3. The fourth-order valence-corrected chi connectivity index (χ4v) is 3.59. The van der Waals surface area contributed by atoms with E-state index in [9.17, 15) is 0 Å². The zero-order valence-electron chi connectivity index (χ0n) is 9.55. The molecule has 1 nitrogen and oxygen atoms in total. The molecule has 0 heterocycles. The minimum Gasteiger partial charge on any atom is -0.300 e. The first kappa shape index (κ1) is 10.6. The predicted molar refractivity (Wildman–Crippen MR) is 67.4 cm³/mol. The van der Waals surface area contributed by atoms with Gasteiger partial charge >= 0.3 is 0 Å². The highest BCUT2D eigenvalue weighted by atomic mass is 79.9. The van der Waals surface area contributed by atoms with Gasteiger partial charge in [-0.2, -0.15) is 0 Å². The van der Waals surface area contributed by atoms with Crippen molar-refractivity contribution in [1.82, 2.24) is 4.90 Å². The molecular weight excluding hydrogens is 250 g/mol. The van der Waals surface area contributed by atoms with Crippen LogP contribution in [0.15, 0.2) is 0 Å². The van der Waals surface area contributed by atoms with Gasteiger partial charge in [-0.1, -0.05) is 22.4 Å². The van der Waals surface area contributed by atoms with Gasteiger partial charge in [0.25, 0.3) is 0 Å². The molecular formula is C13H22BrN. The monoisotopic (exact) mass is 271 g/mol. The first-order chi connectivity index (χ1) is 7.31. The van der Waals surface area contributed by atoms with E-state index < -0.39 is 0 Å². The van der Waals surface area contributed by atoms with Gasteiger partial charge in [-0.25, -0.2) is 0 Å². The third-order valence-electron chi connectivity index (χ3n) is 4.49. The molecule has 0 radical (unpaired) electrons. The maximum atomic E-state index is 3.74. The Morgan fingerprint density at radius 2 is 1.87 bits per heavy atom. The van der Waals surface area contributed by atoms with Crippen molar-refractivity contribution in [3.8, 4) is 0 Å². The number of hydrogen-bond donors (Lipinski definition) is 0. The minimum absolute atomic E-state index is 0.664. The third kappa shape index (κ3) is 2.41. The van der Waals surface area contributed by atoms with E-state index in [0.717, 1.165) is 12.0 Å². The molecule has 0 aliphatic heterocycles. The molecule has 0 aromatic heterocycles. The van der Waals surface area contributed by atoms with Crippen molar-refractivity contribution in [3.63, 3.8) is 0 Å². The van der Waals surface area contributed by atoms with Gasteiger partial charge in [0.1, 0.15) is 0 Å². The van der Waals surface area contributed by atoms with Crippen molar-refractivity contribution < 1.29 is 0 Å². The summed E-state index contributed by atoms with van der Waals surface area (Å²) >= 11 is 3.74. The van der Waals surface area contributed by atoms with Crippen molar-refractivity contribution in [3.05, 3.63) is 0 Å². The molecule has 3 saturated carbocycles. The molecule has 0 aromatic rings. The predicted octanol–water partition coefficient (Wildman–Crippen LogP) is 3.43. The molecule has 0 amide bonds. The van der Waals surface area contributed by atoms with Crippen LogP contribution in [-0.4, -0.2) is 29.4 Å². The van der Waals surface area contributed by atoms with Crippen LogP contribution in [0.4, 0.5) is 0 Å². The second-order valence-corrected chi connectivity index (χ2v) is 6.65. The van der Waals surface area contributed by atoms with Crippen molar-refractivity contribution in [2.75, 3.05) is 18.4 Å². The van der Waals surface area contributed by atoms with Crippen LogP contribution < -0.4 is 0 Å². The van der Waals surface area contributed by atoms with Crippen molar-refractivity contribution in [1.29, 1.82) is 0 Å². The molecule has 0 saturated heterocycles. The van der Waals surface area contributed by atoms with Crippen LogP contribution in [0.2, 0.25) is 0 Å². The summed E-state index contributed by atoms with van der Waals surface area (Å²) in [6.45, 7) is 2.80. The minimum atomic E-state index is 0.664. The number of nitrogens with zero attached hydrogens (tertiary/aromatic N) is 1. The molecule has 0 unspecified atom stereocenters. The number of halogens is 1. The maximum absolute atomic E-state index is 3.74. The Morgan fingerprint density at radius 3 is 2.27 bits per heavy atom. The Hall–Kier alpha value is 0.440. The smallest absolute Gasteiger partial charge is 0.0100 e. The summed E-state index contributed by atoms with van der Waals surface area (Å²) in [6, 6.07) is 0.974. The lowest BCUT2D eigenvalue weighted by atomic mass is 9.70. The average Bonchev–Trinajstić information content (AvgIpc) is 2.99. The van der Waals surface area contributed by atoms with Gasteiger partial charge in [-0.15, -0.1) is 0 Å². The van der Waals surface area contributed by atoms with Gasteiger partial charge in [-0.05, 0) is 49.9 Å². The Bertz CT molecular complexity index is 223. The summed E-state index contributed by atoms with van der Waals surface area (Å²) in [5, 5.41) is 1.23. The molecule has 0 N–H and O–H groups in total. The zero-order valence-corrected chi connectivity index (χ0v) is 11.1. The Labute approximate surface area is 102 Å². The fourth-order valence-electron chi connectivity index (χ4n) is 2.86. The summed E-state index contributed by atoms with van der Waals surface area (Å²) in [5.41, 5.74) is 0.664. The Kier molecular flexibility index (Phi) is 2.84. The van der Waals surface area contributed by atoms with Crippen molar-refractivity contribution in [2.45, 2.75) is 51.0 Å². The number of alkyl halides is 1. The lowest BCUT2D eigenvalue weighted by molar-refractivity contribution is 0.0835. The van der Waals surface area contributed by atoms with Crippen LogP contribution in [0, 0.1) is 11.3 Å². The Balaban J connectivity index is 1.56. The largest absolute Gasteiger partial charge is 0.300 e. The summed E-state index contributed by atoms with van der Waals surface area (Å²) in [6.07, 6.45) is 10.4. The van der Waals surface area contributed by atoms with Gasteiger partial charge in [0.15, 0.2) is 0 Å². The SMILES string of the molecule is BrCC1(CN(CC2CC2)C2CC2)CCC1. The van der Waals surface area contributed by atoms with E-state index in [4.69, 9.17) is 0 Å². The second-order valence-electron chi connectivity index (χ2n) is 6.09. The highest BCUT2D eigenvalue weighted by molar-refractivity contribution is 9.09. The van der Waals surface area contributed by atoms with Gasteiger partial charge < -0.3 is 0 Å². The molecule has 2 heteroatoms. The van der Waals surface area contributed by atoms with Gasteiger partial charge in [0.2, 0.25) is 0 Å². The highest BCUT2D eigenvalue weighted by Crippen LogP contribution is 2.45. The molecule has 3 aliphatic carbocycles.